The van der Waals surface area contributed by atoms with Crippen LogP contribution in [0.1, 0.15) is 10.5 Å². The van der Waals surface area contributed by atoms with Gasteiger partial charge in [0.1, 0.15) is 12.1 Å². The maximum absolute atomic E-state index is 12.1. The van der Waals surface area contributed by atoms with Crippen molar-refractivity contribution in [3.05, 3.63) is 42.7 Å². The molecule has 0 N–H and O–H groups in total. The summed E-state index contributed by atoms with van der Waals surface area (Å²) in [6.07, 6.45) is 4.44. The predicted molar refractivity (Wildman–Crippen MR) is 68.9 cm³/mol. The summed E-state index contributed by atoms with van der Waals surface area (Å²) >= 11 is 0. The number of pyridine rings is 1. The Morgan fingerprint density at radius 2 is 2.00 bits per heavy atom. The van der Waals surface area contributed by atoms with Crippen molar-refractivity contribution >= 4 is 11.7 Å². The molecule has 3 heterocycles. The highest BCUT2D eigenvalue weighted by Crippen LogP contribution is 2.13. The molecule has 2 aromatic heterocycles. The fourth-order valence-electron chi connectivity index (χ4n) is 2.16. The summed E-state index contributed by atoms with van der Waals surface area (Å²) in [6.45, 7) is 2.89. The third-order valence-electron chi connectivity index (χ3n) is 3.19. The van der Waals surface area contributed by atoms with Crippen molar-refractivity contribution in [3.63, 3.8) is 0 Å². The van der Waals surface area contributed by atoms with Crippen LogP contribution in [0.3, 0.4) is 0 Å². The molecule has 0 saturated carbocycles. The number of amides is 1. The maximum Gasteiger partial charge on any atom is 0.275 e. The second kappa shape index (κ2) is 5.09. The standard InChI is InChI=1S/C13H14N4O2/c18-13(11-9-19-10-15-11)17-7-5-16(6-8-17)12-3-1-2-4-14-12/h1-4,9-10H,5-8H2. The predicted octanol–water partition coefficient (Wildman–Crippen LogP) is 1.03. The highest BCUT2D eigenvalue weighted by molar-refractivity contribution is 5.92. The van der Waals surface area contributed by atoms with Crippen LogP contribution in [0.25, 0.3) is 0 Å². The zero-order chi connectivity index (χ0) is 13.1. The lowest BCUT2D eigenvalue weighted by Gasteiger charge is -2.35. The fourth-order valence-corrected chi connectivity index (χ4v) is 2.16. The molecule has 2 aromatic rings. The number of oxazole rings is 1. The van der Waals surface area contributed by atoms with Crippen LogP contribution in [0, 0.1) is 0 Å². The monoisotopic (exact) mass is 258 g/mol. The van der Waals surface area contributed by atoms with Crippen LogP contribution >= 0.6 is 0 Å². The molecule has 0 radical (unpaired) electrons. The smallest absolute Gasteiger partial charge is 0.275 e. The second-order valence-corrected chi connectivity index (χ2v) is 4.34. The average molecular weight is 258 g/mol. The Morgan fingerprint density at radius 3 is 2.63 bits per heavy atom. The van der Waals surface area contributed by atoms with Gasteiger partial charge in [-0.15, -0.1) is 0 Å². The summed E-state index contributed by atoms with van der Waals surface area (Å²) in [5.74, 6) is 0.880. The molecule has 0 aromatic carbocycles. The van der Waals surface area contributed by atoms with E-state index in [1.165, 1.54) is 12.7 Å². The summed E-state index contributed by atoms with van der Waals surface area (Å²) in [4.78, 5) is 24.2. The van der Waals surface area contributed by atoms with E-state index in [1.54, 1.807) is 11.1 Å². The number of rotatable bonds is 2. The van der Waals surface area contributed by atoms with Gasteiger partial charge >= 0.3 is 0 Å². The van der Waals surface area contributed by atoms with E-state index in [1.807, 2.05) is 18.2 Å². The Kier molecular flexibility index (Phi) is 3.14. The molecule has 3 rings (SSSR count). The molecule has 0 atom stereocenters. The number of carbonyl (C=O) groups excluding carboxylic acids is 1. The number of nitrogens with zero attached hydrogens (tertiary/aromatic N) is 4. The molecule has 0 bridgehead atoms. The van der Waals surface area contributed by atoms with Crippen LogP contribution in [0.4, 0.5) is 5.82 Å². The zero-order valence-electron chi connectivity index (χ0n) is 10.4. The molecule has 6 heteroatoms. The normalized spacial score (nSPS) is 15.6. The van der Waals surface area contributed by atoms with E-state index >= 15 is 0 Å². The van der Waals surface area contributed by atoms with Gasteiger partial charge in [-0.25, -0.2) is 9.97 Å². The van der Waals surface area contributed by atoms with Gasteiger partial charge in [-0.05, 0) is 12.1 Å². The Morgan fingerprint density at radius 1 is 1.16 bits per heavy atom. The quantitative estimate of drug-likeness (QED) is 0.805. The summed E-state index contributed by atoms with van der Waals surface area (Å²) in [6, 6.07) is 5.85. The van der Waals surface area contributed by atoms with E-state index in [9.17, 15) is 4.79 Å². The average Bonchev–Trinajstić information content (AvgIpc) is 3.02. The van der Waals surface area contributed by atoms with E-state index in [2.05, 4.69) is 14.9 Å². The number of hydrogen-bond donors (Lipinski definition) is 0. The van der Waals surface area contributed by atoms with E-state index in [0.717, 1.165) is 18.9 Å². The van der Waals surface area contributed by atoms with Crippen LogP contribution in [-0.4, -0.2) is 47.0 Å². The van der Waals surface area contributed by atoms with E-state index < -0.39 is 0 Å². The molecular weight excluding hydrogens is 244 g/mol. The number of piperazine rings is 1. The first kappa shape index (κ1) is 11.7. The Hall–Kier alpha value is -2.37. The number of anilines is 1. The number of carbonyl (C=O) groups is 1. The Balaban J connectivity index is 1.62. The first-order valence-electron chi connectivity index (χ1n) is 6.18. The van der Waals surface area contributed by atoms with Gasteiger partial charge < -0.3 is 14.2 Å². The molecule has 1 saturated heterocycles. The molecule has 19 heavy (non-hydrogen) atoms. The van der Waals surface area contributed by atoms with Crippen molar-refractivity contribution in [2.45, 2.75) is 0 Å². The van der Waals surface area contributed by atoms with Crippen molar-refractivity contribution in [3.8, 4) is 0 Å². The topological polar surface area (TPSA) is 62.5 Å². The summed E-state index contributed by atoms with van der Waals surface area (Å²) in [5, 5.41) is 0. The zero-order valence-corrected chi connectivity index (χ0v) is 10.4. The first-order chi connectivity index (χ1) is 9.34. The van der Waals surface area contributed by atoms with Crippen LogP contribution in [0.5, 0.6) is 0 Å². The van der Waals surface area contributed by atoms with Gasteiger partial charge in [-0.2, -0.15) is 0 Å². The Bertz CT molecular complexity index is 533. The van der Waals surface area contributed by atoms with Gasteiger partial charge in [0.15, 0.2) is 12.1 Å². The fraction of sp³-hybridized carbons (Fsp3) is 0.308. The molecule has 1 amide bonds. The number of aromatic nitrogens is 2. The molecule has 0 spiro atoms. The van der Waals surface area contributed by atoms with Crippen molar-refractivity contribution in [2.24, 2.45) is 0 Å². The van der Waals surface area contributed by atoms with Gasteiger partial charge in [0.05, 0.1) is 0 Å². The van der Waals surface area contributed by atoms with Gasteiger partial charge in [0.25, 0.3) is 5.91 Å². The van der Waals surface area contributed by atoms with Crippen LogP contribution in [0.2, 0.25) is 0 Å². The lowest BCUT2D eigenvalue weighted by Crippen LogP contribution is -2.49. The maximum atomic E-state index is 12.1. The van der Waals surface area contributed by atoms with E-state index in [4.69, 9.17) is 4.42 Å². The largest absolute Gasteiger partial charge is 0.451 e. The lowest BCUT2D eigenvalue weighted by molar-refractivity contribution is 0.0740. The first-order valence-corrected chi connectivity index (χ1v) is 6.18. The Labute approximate surface area is 110 Å². The van der Waals surface area contributed by atoms with Crippen LogP contribution in [0.15, 0.2) is 41.5 Å². The molecule has 0 aliphatic carbocycles. The van der Waals surface area contributed by atoms with Crippen LogP contribution < -0.4 is 4.90 Å². The van der Waals surface area contributed by atoms with Gasteiger partial charge in [0.2, 0.25) is 0 Å². The molecule has 1 aliphatic heterocycles. The molecule has 0 unspecified atom stereocenters. The van der Waals surface area contributed by atoms with Crippen molar-refractivity contribution in [1.82, 2.24) is 14.9 Å². The highest BCUT2D eigenvalue weighted by Gasteiger charge is 2.23. The third kappa shape index (κ3) is 2.42. The van der Waals surface area contributed by atoms with E-state index in [-0.39, 0.29) is 5.91 Å². The summed E-state index contributed by atoms with van der Waals surface area (Å²) in [7, 11) is 0. The minimum absolute atomic E-state index is 0.0746. The molecule has 6 nitrogen and oxygen atoms in total. The molecule has 98 valence electrons. The number of hydrogen-bond acceptors (Lipinski definition) is 5. The van der Waals surface area contributed by atoms with Crippen molar-refractivity contribution in [2.75, 3.05) is 31.1 Å². The molecular formula is C13H14N4O2. The van der Waals surface area contributed by atoms with Crippen molar-refractivity contribution in [1.29, 1.82) is 0 Å². The molecule has 1 fully saturated rings. The highest BCUT2D eigenvalue weighted by atomic mass is 16.3. The minimum atomic E-state index is -0.0746. The SMILES string of the molecule is O=C(c1cocn1)N1CCN(c2ccccn2)CC1. The lowest BCUT2D eigenvalue weighted by atomic mass is 10.3. The van der Waals surface area contributed by atoms with Crippen LogP contribution in [-0.2, 0) is 0 Å². The van der Waals surface area contributed by atoms with Gasteiger partial charge in [0, 0.05) is 32.4 Å². The van der Waals surface area contributed by atoms with E-state index in [0.29, 0.717) is 18.8 Å². The summed E-state index contributed by atoms with van der Waals surface area (Å²) < 4.78 is 4.84. The van der Waals surface area contributed by atoms with Gasteiger partial charge in [-0.3, -0.25) is 4.79 Å². The van der Waals surface area contributed by atoms with Gasteiger partial charge in [-0.1, -0.05) is 6.07 Å². The summed E-state index contributed by atoms with van der Waals surface area (Å²) in [5.41, 5.74) is 0.367. The second-order valence-electron chi connectivity index (χ2n) is 4.34. The minimum Gasteiger partial charge on any atom is -0.451 e. The van der Waals surface area contributed by atoms with Crippen molar-refractivity contribution < 1.29 is 9.21 Å². The third-order valence-corrected chi connectivity index (χ3v) is 3.19. The molecule has 1 aliphatic rings.